The van der Waals surface area contributed by atoms with E-state index in [1.54, 1.807) is 0 Å². The maximum absolute atomic E-state index is 6.01. The maximum Gasteiger partial charge on any atom is 0.191 e. The van der Waals surface area contributed by atoms with Crippen molar-refractivity contribution in [1.29, 1.82) is 0 Å². The summed E-state index contributed by atoms with van der Waals surface area (Å²) in [5.74, 6) is 2.15. The third-order valence-corrected chi connectivity index (χ3v) is 3.42. The van der Waals surface area contributed by atoms with Gasteiger partial charge in [0.05, 0.1) is 13.2 Å². The number of ether oxygens (including phenoxy) is 1. The standard InChI is InChI=1S/C17H29N3O.HI/c1-5-20(6-2)17(18)19-13-15-9-7-8-10-16(15)21-12-11-14(3)4;/h7-10,14H,5-6,11-13H2,1-4H3,(H2,18,19);1H. The molecular formula is C17H30IN3O. The molecule has 0 amide bonds. The number of aliphatic imine (C=N–C) groups is 1. The molecule has 1 aromatic carbocycles. The Labute approximate surface area is 152 Å². The minimum absolute atomic E-state index is 0. The number of hydrogen-bond donors (Lipinski definition) is 1. The summed E-state index contributed by atoms with van der Waals surface area (Å²) in [7, 11) is 0. The summed E-state index contributed by atoms with van der Waals surface area (Å²) >= 11 is 0. The first kappa shape index (κ1) is 21.0. The van der Waals surface area contributed by atoms with Crippen molar-refractivity contribution in [3.8, 4) is 5.75 Å². The van der Waals surface area contributed by atoms with E-state index in [1.165, 1.54) is 0 Å². The zero-order valence-corrected chi connectivity index (χ0v) is 16.5. The lowest BCUT2D eigenvalue weighted by Crippen LogP contribution is -2.37. The number of nitrogens with zero attached hydrogens (tertiary/aromatic N) is 2. The smallest absolute Gasteiger partial charge is 0.191 e. The lowest BCUT2D eigenvalue weighted by atomic mass is 10.1. The third kappa shape index (κ3) is 7.33. The van der Waals surface area contributed by atoms with Gasteiger partial charge in [-0.3, -0.25) is 0 Å². The molecule has 126 valence electrons. The Balaban J connectivity index is 0.00000441. The fourth-order valence-corrected chi connectivity index (χ4v) is 1.99. The van der Waals surface area contributed by atoms with E-state index in [1.807, 2.05) is 29.2 Å². The van der Waals surface area contributed by atoms with Gasteiger partial charge in [0.25, 0.3) is 0 Å². The van der Waals surface area contributed by atoms with E-state index < -0.39 is 0 Å². The van der Waals surface area contributed by atoms with Crippen LogP contribution in [0.3, 0.4) is 0 Å². The first-order valence-electron chi connectivity index (χ1n) is 7.84. The summed E-state index contributed by atoms with van der Waals surface area (Å²) in [6.07, 6.45) is 1.05. The van der Waals surface area contributed by atoms with Gasteiger partial charge in [0.2, 0.25) is 0 Å². The number of benzene rings is 1. The average molecular weight is 419 g/mol. The van der Waals surface area contributed by atoms with Gasteiger partial charge in [0.15, 0.2) is 5.96 Å². The first-order chi connectivity index (χ1) is 10.1. The van der Waals surface area contributed by atoms with Gasteiger partial charge < -0.3 is 15.4 Å². The summed E-state index contributed by atoms with van der Waals surface area (Å²) in [6.45, 7) is 11.6. The number of para-hydroxylation sites is 1. The molecule has 0 atom stereocenters. The minimum Gasteiger partial charge on any atom is -0.493 e. The number of halogens is 1. The monoisotopic (exact) mass is 419 g/mol. The van der Waals surface area contributed by atoms with Crippen molar-refractivity contribution in [3.05, 3.63) is 29.8 Å². The summed E-state index contributed by atoms with van der Waals surface area (Å²) in [4.78, 5) is 6.52. The van der Waals surface area contributed by atoms with Gasteiger partial charge in [-0.2, -0.15) is 0 Å². The largest absolute Gasteiger partial charge is 0.493 e. The molecule has 2 N–H and O–H groups in total. The van der Waals surface area contributed by atoms with Crippen LogP contribution in [0.15, 0.2) is 29.3 Å². The molecule has 1 aromatic rings. The molecule has 0 radical (unpaired) electrons. The Bertz CT molecular complexity index is 445. The molecule has 0 bridgehead atoms. The van der Waals surface area contributed by atoms with Gasteiger partial charge >= 0.3 is 0 Å². The van der Waals surface area contributed by atoms with Crippen LogP contribution in [0, 0.1) is 5.92 Å². The lowest BCUT2D eigenvalue weighted by molar-refractivity contribution is 0.287. The first-order valence-corrected chi connectivity index (χ1v) is 7.84. The third-order valence-electron chi connectivity index (χ3n) is 3.42. The van der Waals surface area contributed by atoms with Crippen molar-refractivity contribution in [3.63, 3.8) is 0 Å². The molecule has 22 heavy (non-hydrogen) atoms. The molecule has 0 heterocycles. The molecule has 1 rings (SSSR count). The summed E-state index contributed by atoms with van der Waals surface area (Å²) < 4.78 is 5.87. The van der Waals surface area contributed by atoms with Gasteiger partial charge in [-0.25, -0.2) is 4.99 Å². The minimum atomic E-state index is 0. The van der Waals surface area contributed by atoms with E-state index in [0.29, 0.717) is 18.4 Å². The molecule has 0 saturated carbocycles. The Kier molecular flexibility index (Phi) is 11.1. The molecule has 0 aliphatic rings. The fourth-order valence-electron chi connectivity index (χ4n) is 1.99. The van der Waals surface area contributed by atoms with Crippen LogP contribution in [0.25, 0.3) is 0 Å². The van der Waals surface area contributed by atoms with Crippen LogP contribution in [-0.4, -0.2) is 30.6 Å². The predicted octanol–water partition coefficient (Wildman–Crippen LogP) is 3.89. The van der Waals surface area contributed by atoms with Crippen molar-refractivity contribution in [2.24, 2.45) is 16.6 Å². The molecular weight excluding hydrogens is 389 g/mol. The van der Waals surface area contributed by atoms with Crippen LogP contribution in [0.1, 0.15) is 39.7 Å². The van der Waals surface area contributed by atoms with Crippen LogP contribution >= 0.6 is 24.0 Å². The van der Waals surface area contributed by atoms with E-state index in [4.69, 9.17) is 10.5 Å². The highest BCUT2D eigenvalue weighted by Gasteiger charge is 2.05. The molecule has 0 fully saturated rings. The van der Waals surface area contributed by atoms with Crippen LogP contribution in [-0.2, 0) is 6.54 Å². The number of hydrogen-bond acceptors (Lipinski definition) is 2. The second-order valence-corrected chi connectivity index (χ2v) is 5.49. The topological polar surface area (TPSA) is 50.8 Å². The fraction of sp³-hybridized carbons (Fsp3) is 0.588. The van der Waals surface area contributed by atoms with Crippen LogP contribution in [0.4, 0.5) is 0 Å². The van der Waals surface area contributed by atoms with E-state index in [-0.39, 0.29) is 24.0 Å². The van der Waals surface area contributed by atoms with E-state index in [2.05, 4.69) is 32.7 Å². The highest BCUT2D eigenvalue weighted by molar-refractivity contribution is 14.0. The summed E-state index contributed by atoms with van der Waals surface area (Å²) in [6, 6.07) is 8.04. The van der Waals surface area contributed by atoms with Gasteiger partial charge in [-0.1, -0.05) is 32.0 Å². The van der Waals surface area contributed by atoms with Crippen molar-refractivity contribution in [1.82, 2.24) is 4.90 Å². The molecule has 0 unspecified atom stereocenters. The van der Waals surface area contributed by atoms with Gasteiger partial charge in [-0.05, 0) is 32.3 Å². The van der Waals surface area contributed by atoms with Crippen molar-refractivity contribution in [2.75, 3.05) is 19.7 Å². The van der Waals surface area contributed by atoms with Crippen LogP contribution in [0.2, 0.25) is 0 Å². The number of nitrogens with two attached hydrogens (primary N) is 1. The van der Waals surface area contributed by atoms with Gasteiger partial charge in [0.1, 0.15) is 5.75 Å². The Hall–Kier alpha value is -0.980. The Morgan fingerprint density at radius 2 is 1.86 bits per heavy atom. The molecule has 0 saturated heterocycles. The van der Waals surface area contributed by atoms with Crippen LogP contribution < -0.4 is 10.5 Å². The van der Waals surface area contributed by atoms with Crippen molar-refractivity contribution < 1.29 is 4.74 Å². The molecule has 0 aliphatic carbocycles. The van der Waals surface area contributed by atoms with Crippen LogP contribution in [0.5, 0.6) is 5.75 Å². The summed E-state index contributed by atoms with van der Waals surface area (Å²) in [5.41, 5.74) is 7.09. The molecule has 0 aliphatic heterocycles. The highest BCUT2D eigenvalue weighted by atomic mass is 127. The molecule has 0 spiro atoms. The average Bonchev–Trinajstić information content (AvgIpc) is 2.47. The lowest BCUT2D eigenvalue weighted by Gasteiger charge is -2.19. The Morgan fingerprint density at radius 1 is 1.23 bits per heavy atom. The number of guanidine groups is 1. The van der Waals surface area contributed by atoms with E-state index in [9.17, 15) is 0 Å². The van der Waals surface area contributed by atoms with Gasteiger partial charge in [-0.15, -0.1) is 24.0 Å². The molecule has 5 heteroatoms. The normalized spacial score (nSPS) is 11.2. The van der Waals surface area contributed by atoms with E-state index >= 15 is 0 Å². The second-order valence-electron chi connectivity index (χ2n) is 5.49. The van der Waals surface area contributed by atoms with Crippen molar-refractivity contribution >= 4 is 29.9 Å². The predicted molar refractivity (Wildman–Crippen MR) is 105 cm³/mol. The maximum atomic E-state index is 6.01. The van der Waals surface area contributed by atoms with Gasteiger partial charge in [0, 0.05) is 18.7 Å². The zero-order chi connectivity index (χ0) is 15.7. The quantitative estimate of drug-likeness (QED) is 0.395. The molecule has 0 aromatic heterocycles. The second kappa shape index (κ2) is 11.6. The zero-order valence-electron chi connectivity index (χ0n) is 14.2. The van der Waals surface area contributed by atoms with Crippen molar-refractivity contribution in [2.45, 2.75) is 40.7 Å². The Morgan fingerprint density at radius 3 is 2.45 bits per heavy atom. The SMILES string of the molecule is CCN(CC)C(N)=NCc1ccccc1OCCC(C)C.I. The summed E-state index contributed by atoms with van der Waals surface area (Å²) in [5, 5.41) is 0. The molecule has 4 nitrogen and oxygen atoms in total. The van der Waals surface area contributed by atoms with E-state index in [0.717, 1.165) is 37.4 Å². The number of rotatable bonds is 8. The highest BCUT2D eigenvalue weighted by Crippen LogP contribution is 2.19.